The summed E-state index contributed by atoms with van der Waals surface area (Å²) < 4.78 is 28.5. The van der Waals surface area contributed by atoms with E-state index < -0.39 is 35.3 Å². The van der Waals surface area contributed by atoms with Gasteiger partial charge in [0.15, 0.2) is 5.78 Å². The van der Waals surface area contributed by atoms with Crippen LogP contribution >= 0.6 is 11.3 Å². The summed E-state index contributed by atoms with van der Waals surface area (Å²) in [7, 11) is 0. The van der Waals surface area contributed by atoms with Crippen LogP contribution in [0.25, 0.3) is 21.6 Å². The van der Waals surface area contributed by atoms with Gasteiger partial charge in [0, 0.05) is 67.3 Å². The topological polar surface area (TPSA) is 220 Å². The Kier molecular flexibility index (Phi) is 21.1. The number of amides is 3. The van der Waals surface area contributed by atoms with Gasteiger partial charge in [0.05, 0.1) is 67.2 Å². The molecular weight excluding hydrogens is 1000 g/mol. The number of hydrogen-bond donors (Lipinski definition) is 5. The van der Waals surface area contributed by atoms with E-state index in [2.05, 4.69) is 43.8 Å². The first-order valence-corrected chi connectivity index (χ1v) is 27.6. The van der Waals surface area contributed by atoms with Gasteiger partial charge in [0.1, 0.15) is 19.0 Å². The van der Waals surface area contributed by atoms with Gasteiger partial charge in [-0.1, -0.05) is 57.2 Å². The van der Waals surface area contributed by atoms with Crippen molar-refractivity contribution in [2.24, 2.45) is 17.3 Å². The zero-order valence-corrected chi connectivity index (χ0v) is 46.4. The number of Topliss-reactive ketones (excluding diaryl/α,β-unsaturated/α-hetero) is 1. The van der Waals surface area contributed by atoms with Crippen molar-refractivity contribution in [3.05, 3.63) is 122 Å². The van der Waals surface area contributed by atoms with Gasteiger partial charge in [0.25, 0.3) is 11.5 Å². The number of thiazole rings is 1. The van der Waals surface area contributed by atoms with E-state index in [1.807, 2.05) is 114 Å². The number of ketones is 1. The second-order valence-electron chi connectivity index (χ2n) is 21.0. The Labute approximate surface area is 455 Å². The molecule has 7 rings (SSSR count). The molecule has 1 aliphatic heterocycles. The van der Waals surface area contributed by atoms with E-state index in [-0.39, 0.29) is 75.0 Å². The zero-order chi connectivity index (χ0) is 55.1. The number of aromatic amines is 1. The van der Waals surface area contributed by atoms with Crippen LogP contribution < -0.4 is 31.1 Å². The van der Waals surface area contributed by atoms with E-state index in [0.717, 1.165) is 69.2 Å². The molecule has 2 aliphatic rings. The molecule has 18 heteroatoms. The first kappa shape index (κ1) is 58.4. The quantitative estimate of drug-likeness (QED) is 0.0345. The Morgan fingerprint density at radius 2 is 1.48 bits per heavy atom. The summed E-state index contributed by atoms with van der Waals surface area (Å²) in [6.07, 6.45) is 1.29. The maximum atomic E-state index is 14.1. The van der Waals surface area contributed by atoms with Gasteiger partial charge in [-0.3, -0.25) is 24.0 Å². The van der Waals surface area contributed by atoms with Gasteiger partial charge in [-0.05, 0) is 123 Å². The molecular formula is C59H76N6O11S. The summed E-state index contributed by atoms with van der Waals surface area (Å²) in [5.74, 6) is -2.15. The molecule has 77 heavy (non-hydrogen) atoms. The van der Waals surface area contributed by atoms with Crippen molar-refractivity contribution >= 4 is 40.5 Å². The van der Waals surface area contributed by atoms with Crippen molar-refractivity contribution in [1.82, 2.24) is 25.9 Å². The number of anilines is 1. The van der Waals surface area contributed by atoms with Crippen molar-refractivity contribution in [2.45, 2.75) is 105 Å². The monoisotopic (exact) mass is 1080 g/mol. The predicted octanol–water partition coefficient (Wildman–Crippen LogP) is 7.26. The summed E-state index contributed by atoms with van der Waals surface area (Å²) in [5.41, 5.74) is 9.21. The van der Waals surface area contributed by atoms with Crippen LogP contribution in [-0.4, -0.2) is 123 Å². The highest BCUT2D eigenvalue weighted by atomic mass is 32.1. The summed E-state index contributed by atoms with van der Waals surface area (Å²) >= 11 is 1.57. The van der Waals surface area contributed by atoms with Crippen LogP contribution in [-0.2, 0) is 46.4 Å². The molecule has 2 fully saturated rings. The number of aromatic nitrogens is 2. The number of aliphatic hydroxyl groups is 1. The third-order valence-corrected chi connectivity index (χ3v) is 15.2. The Bertz CT molecular complexity index is 2820. The lowest BCUT2D eigenvalue weighted by Crippen LogP contribution is -2.53. The highest BCUT2D eigenvalue weighted by Crippen LogP contribution is 2.37. The van der Waals surface area contributed by atoms with Crippen LogP contribution in [0.1, 0.15) is 91.8 Å². The molecule has 1 saturated carbocycles. The van der Waals surface area contributed by atoms with E-state index in [0.29, 0.717) is 56.5 Å². The average Bonchev–Trinajstić information content (AvgIpc) is 4.04. The number of carbonyl (C=O) groups excluding carboxylic acids is 4. The molecule has 0 bridgehead atoms. The standard InChI is InChI=1S/C59H76N6O11S/c1-8-65(45-17-19-72-20-18-45)46-29-43(28-44(30-46)56(69)61-34-51-37(2)27-38(3)63-58(51)71)41-13-15-48(16-14-41)76-26-25-74-22-21-73-23-24-75-35-52(67)64-55(59(5,6)7)53(68)49-31-47(66)32-50(49)57(70)60-33-40-9-11-42(12-10-40)54-39(4)62-36-77-54/h9-16,27-30,36,45,47,49-50,55,66H,8,17-26,31-35H2,1-7H3,(H,60,70)(H,61,69)(H,63,71)(H,64,67)/t47-,49?,50+,55?/m0/s1. The number of benzene rings is 3. The van der Waals surface area contributed by atoms with Gasteiger partial charge >= 0.3 is 0 Å². The third-order valence-electron chi connectivity index (χ3n) is 14.2. The lowest BCUT2D eigenvalue weighted by molar-refractivity contribution is -0.138. The normalized spacial score (nSPS) is 17.2. The molecule has 3 amide bonds. The first-order chi connectivity index (χ1) is 37.0. The molecule has 1 saturated heterocycles. The van der Waals surface area contributed by atoms with Gasteiger partial charge in [-0.15, -0.1) is 11.3 Å². The summed E-state index contributed by atoms with van der Waals surface area (Å²) in [4.78, 5) is 77.6. The minimum absolute atomic E-state index is 0.108. The van der Waals surface area contributed by atoms with Gasteiger partial charge in [0.2, 0.25) is 11.8 Å². The van der Waals surface area contributed by atoms with E-state index in [1.165, 1.54) is 0 Å². The second kappa shape index (κ2) is 27.9. The molecule has 414 valence electrons. The third kappa shape index (κ3) is 16.4. The first-order valence-electron chi connectivity index (χ1n) is 26.7. The van der Waals surface area contributed by atoms with Crippen LogP contribution in [0.5, 0.6) is 5.75 Å². The zero-order valence-electron chi connectivity index (χ0n) is 45.5. The molecule has 0 radical (unpaired) electrons. The van der Waals surface area contributed by atoms with Crippen molar-refractivity contribution < 1.29 is 48.0 Å². The summed E-state index contributed by atoms with van der Waals surface area (Å²) in [6, 6.07) is 22.8. The Morgan fingerprint density at radius 3 is 2.13 bits per heavy atom. The van der Waals surface area contributed by atoms with Crippen molar-refractivity contribution in [3.8, 4) is 27.3 Å². The second-order valence-corrected chi connectivity index (χ2v) is 21.8. The number of hydrogen-bond acceptors (Lipinski definition) is 14. The molecule has 5 N–H and O–H groups in total. The van der Waals surface area contributed by atoms with Crippen molar-refractivity contribution in [1.29, 1.82) is 0 Å². The van der Waals surface area contributed by atoms with Crippen molar-refractivity contribution in [3.63, 3.8) is 0 Å². The van der Waals surface area contributed by atoms with Crippen LogP contribution in [0.4, 0.5) is 5.69 Å². The highest BCUT2D eigenvalue weighted by Gasteiger charge is 2.46. The highest BCUT2D eigenvalue weighted by molar-refractivity contribution is 7.13. The molecule has 3 aromatic carbocycles. The number of aryl methyl sites for hydroxylation is 3. The number of rotatable bonds is 26. The van der Waals surface area contributed by atoms with E-state index >= 15 is 0 Å². The molecule has 1 aliphatic carbocycles. The Balaban J connectivity index is 0.806. The molecule has 5 aromatic rings. The number of H-pyrrole nitrogens is 1. The maximum Gasteiger partial charge on any atom is 0.253 e. The fourth-order valence-corrected chi connectivity index (χ4v) is 10.9. The fourth-order valence-electron chi connectivity index (χ4n) is 10.1. The minimum atomic E-state index is -0.906. The molecule has 4 atom stereocenters. The largest absolute Gasteiger partial charge is 0.491 e. The maximum absolute atomic E-state index is 14.1. The predicted molar refractivity (Wildman–Crippen MR) is 297 cm³/mol. The van der Waals surface area contributed by atoms with Gasteiger partial charge in [-0.25, -0.2) is 4.98 Å². The van der Waals surface area contributed by atoms with Crippen LogP contribution in [0.3, 0.4) is 0 Å². The summed E-state index contributed by atoms with van der Waals surface area (Å²) in [6.45, 7) is 17.2. The molecule has 17 nitrogen and oxygen atoms in total. The number of pyridine rings is 1. The molecule has 0 spiro atoms. The van der Waals surface area contributed by atoms with Crippen molar-refractivity contribution in [2.75, 3.05) is 70.9 Å². The minimum Gasteiger partial charge on any atom is -0.491 e. The van der Waals surface area contributed by atoms with Crippen LogP contribution in [0.15, 0.2) is 83.1 Å². The number of ether oxygens (including phenoxy) is 5. The van der Waals surface area contributed by atoms with Crippen LogP contribution in [0, 0.1) is 38.0 Å². The fraction of sp³-hybridized carbons (Fsp3) is 0.492. The average molecular weight is 1080 g/mol. The van der Waals surface area contributed by atoms with Crippen LogP contribution in [0.2, 0.25) is 0 Å². The number of aliphatic hydroxyl groups excluding tert-OH is 1. The number of nitrogens with zero attached hydrogens (tertiary/aromatic N) is 2. The van der Waals surface area contributed by atoms with E-state index in [1.54, 1.807) is 11.3 Å². The molecule has 3 heterocycles. The van der Waals surface area contributed by atoms with Gasteiger partial charge < -0.3 is 54.6 Å². The Morgan fingerprint density at radius 1 is 0.818 bits per heavy atom. The smallest absolute Gasteiger partial charge is 0.253 e. The summed E-state index contributed by atoms with van der Waals surface area (Å²) in [5, 5.41) is 19.4. The Hall–Kier alpha value is -6.28. The van der Waals surface area contributed by atoms with E-state index in [9.17, 15) is 29.1 Å². The SMILES string of the molecule is CCN(c1cc(C(=O)NCc2c(C)cc(C)[nH]c2=O)cc(-c2ccc(OCCOCCOCCOCC(=O)NC(C(=O)C3C[C@H](O)C[C@H]3C(=O)NCc3ccc(-c4scnc4C)cc3)C(C)(C)C)cc2)c1)C1CCOCC1. The molecule has 2 unspecified atom stereocenters. The number of nitrogens with one attached hydrogen (secondary N) is 4. The lowest BCUT2D eigenvalue weighted by Gasteiger charge is -2.35. The number of carbonyl (C=O) groups is 4. The lowest BCUT2D eigenvalue weighted by atomic mass is 9.77. The molecule has 2 aromatic heterocycles. The van der Waals surface area contributed by atoms with Gasteiger partial charge in [-0.2, -0.15) is 0 Å². The van der Waals surface area contributed by atoms with E-state index in [4.69, 9.17) is 23.7 Å².